The van der Waals surface area contributed by atoms with Gasteiger partial charge in [0, 0.05) is 6.54 Å². The molecule has 0 unspecified atom stereocenters. The van der Waals surface area contributed by atoms with Crippen LogP contribution in [0.5, 0.6) is 11.5 Å². The van der Waals surface area contributed by atoms with Gasteiger partial charge in [0.15, 0.2) is 11.5 Å². The van der Waals surface area contributed by atoms with Crippen molar-refractivity contribution in [2.24, 2.45) is 0 Å². The summed E-state index contributed by atoms with van der Waals surface area (Å²) in [6.45, 7) is 2.09. The Morgan fingerprint density at radius 2 is 1.86 bits per heavy atom. The highest BCUT2D eigenvalue weighted by molar-refractivity contribution is 7.07. The zero-order chi connectivity index (χ0) is 25.8. The lowest BCUT2D eigenvalue weighted by Crippen LogP contribution is -2.38. The molecule has 0 radical (unpaired) electrons. The van der Waals surface area contributed by atoms with Crippen LogP contribution in [0, 0.1) is 0 Å². The first-order valence-electron chi connectivity index (χ1n) is 11.7. The Morgan fingerprint density at radius 1 is 1.05 bits per heavy atom. The van der Waals surface area contributed by atoms with Crippen molar-refractivity contribution in [3.05, 3.63) is 91.3 Å². The Kier molecular flexibility index (Phi) is 7.04. The Morgan fingerprint density at radius 3 is 2.70 bits per heavy atom. The molecule has 9 heteroatoms. The number of thiazole rings is 1. The minimum absolute atomic E-state index is 0.171. The van der Waals surface area contributed by atoms with Gasteiger partial charge in [-0.25, -0.2) is 4.79 Å². The number of benzene rings is 3. The van der Waals surface area contributed by atoms with E-state index in [1.165, 1.54) is 10.6 Å². The summed E-state index contributed by atoms with van der Waals surface area (Å²) in [5.41, 5.74) is 1.32. The molecule has 3 aromatic carbocycles. The van der Waals surface area contributed by atoms with E-state index in [0.29, 0.717) is 20.7 Å². The minimum Gasteiger partial charge on any atom is -0.463 e. The number of ether oxygens (including phenoxy) is 3. The molecule has 0 saturated carbocycles. The second-order valence-electron chi connectivity index (χ2n) is 8.31. The fraction of sp³-hybridized carbons (Fsp3) is 0.179. The number of esters is 1. The van der Waals surface area contributed by atoms with Crippen LogP contribution in [-0.2, 0) is 27.4 Å². The monoisotopic (exact) mass is 516 g/mol. The van der Waals surface area contributed by atoms with Crippen LogP contribution in [0.4, 0.5) is 0 Å². The van der Waals surface area contributed by atoms with Gasteiger partial charge in [-0.05, 0) is 53.1 Å². The molecule has 0 spiro atoms. The van der Waals surface area contributed by atoms with E-state index in [0.717, 1.165) is 33.2 Å². The first-order chi connectivity index (χ1) is 18.0. The fourth-order valence-corrected chi connectivity index (χ4v) is 5.01. The van der Waals surface area contributed by atoms with Gasteiger partial charge in [0.2, 0.25) is 12.7 Å². The molecule has 8 nitrogen and oxygen atoms in total. The summed E-state index contributed by atoms with van der Waals surface area (Å²) in [5.74, 6) is 0.346. The molecular formula is C28H24N2O6S. The van der Waals surface area contributed by atoms with Gasteiger partial charge in [-0.2, -0.15) is 0 Å². The highest BCUT2D eigenvalue weighted by Gasteiger charge is 2.15. The summed E-state index contributed by atoms with van der Waals surface area (Å²) in [7, 11) is 0. The topological polar surface area (TPSA) is 95.9 Å². The number of carbonyl (C=O) groups excluding carboxylic acids is 2. The molecule has 5 rings (SSSR count). The highest BCUT2D eigenvalue weighted by atomic mass is 32.1. The first kappa shape index (κ1) is 24.3. The van der Waals surface area contributed by atoms with Crippen LogP contribution in [0.2, 0.25) is 0 Å². The van der Waals surface area contributed by atoms with Crippen LogP contribution in [-0.4, -0.2) is 29.8 Å². The third-order valence-corrected chi connectivity index (χ3v) is 6.82. The van der Waals surface area contributed by atoms with Crippen LogP contribution in [0.25, 0.3) is 22.9 Å². The molecule has 0 bridgehead atoms. The third-order valence-electron chi connectivity index (χ3n) is 5.76. The van der Waals surface area contributed by atoms with Crippen molar-refractivity contribution in [3.63, 3.8) is 0 Å². The summed E-state index contributed by atoms with van der Waals surface area (Å²) in [6.07, 6.45) is 3.02. The Balaban J connectivity index is 1.42. The Bertz CT molecular complexity index is 1670. The maximum absolute atomic E-state index is 13.3. The average molecular weight is 517 g/mol. The average Bonchev–Trinajstić information content (AvgIpc) is 3.47. The number of nitrogens with zero attached hydrogens (tertiary/aromatic N) is 1. The number of nitrogens with one attached hydrogen (secondary N) is 1. The number of hydrogen-bond acceptors (Lipinski definition) is 7. The fourth-order valence-electron chi connectivity index (χ4n) is 3.98. The second-order valence-corrected chi connectivity index (χ2v) is 9.37. The zero-order valence-electron chi connectivity index (χ0n) is 20.1. The minimum atomic E-state index is -0.574. The van der Waals surface area contributed by atoms with Crippen LogP contribution >= 0.6 is 11.3 Å². The van der Waals surface area contributed by atoms with E-state index < -0.39 is 5.97 Å². The molecule has 1 N–H and O–H groups in total. The maximum atomic E-state index is 13.3. The molecule has 0 aliphatic carbocycles. The van der Waals surface area contributed by atoms with Gasteiger partial charge in [0.05, 0.1) is 17.2 Å². The van der Waals surface area contributed by atoms with E-state index in [4.69, 9.17) is 14.2 Å². The quantitative estimate of drug-likeness (QED) is 0.379. The molecule has 1 aliphatic heterocycles. The summed E-state index contributed by atoms with van der Waals surface area (Å²) in [4.78, 5) is 38.2. The molecule has 2 heterocycles. The zero-order valence-corrected chi connectivity index (χ0v) is 20.9. The number of fused-ring (bicyclic) bond motifs is 2. The van der Waals surface area contributed by atoms with Gasteiger partial charge in [0.1, 0.15) is 11.2 Å². The van der Waals surface area contributed by atoms with E-state index in [1.54, 1.807) is 25.1 Å². The van der Waals surface area contributed by atoms with Gasteiger partial charge in [0.25, 0.3) is 5.56 Å². The van der Waals surface area contributed by atoms with E-state index in [9.17, 15) is 14.4 Å². The van der Waals surface area contributed by atoms with Gasteiger partial charge in [-0.1, -0.05) is 42.5 Å². The molecule has 1 aliphatic rings. The number of carbonyl (C=O) groups is 2. The smallest absolute Gasteiger partial charge is 0.333 e. The predicted octanol–water partition coefficient (Wildman–Crippen LogP) is 2.28. The van der Waals surface area contributed by atoms with Crippen LogP contribution < -0.4 is 29.5 Å². The van der Waals surface area contributed by atoms with Crippen molar-refractivity contribution in [2.75, 3.05) is 13.4 Å². The summed E-state index contributed by atoms with van der Waals surface area (Å²) in [6, 6.07) is 19.3. The van der Waals surface area contributed by atoms with Crippen molar-refractivity contribution in [1.29, 1.82) is 0 Å². The van der Waals surface area contributed by atoms with Crippen molar-refractivity contribution in [1.82, 2.24) is 9.88 Å². The molecule has 4 aromatic rings. The van der Waals surface area contributed by atoms with Crippen molar-refractivity contribution in [3.8, 4) is 11.5 Å². The van der Waals surface area contributed by atoms with Crippen molar-refractivity contribution in [2.45, 2.75) is 20.0 Å². The maximum Gasteiger partial charge on any atom is 0.333 e. The molecule has 188 valence electrons. The first-order valence-corrected chi connectivity index (χ1v) is 12.6. The second kappa shape index (κ2) is 10.7. The van der Waals surface area contributed by atoms with Crippen LogP contribution in [0.1, 0.15) is 18.1 Å². The standard InChI is InChI=1S/C28H24N2O6S/c1-2-34-27(32)14-26-30(16-25(31)29-15-19-8-10-22-23(12-19)36-17-35-22)28(33)24(37-26)13-18-7-9-20-5-3-4-6-21(20)11-18/h3-14H,2,15-17H2,1H3,(H,29,31)/b24-13+,26-14-. The van der Waals surface area contributed by atoms with Crippen molar-refractivity contribution >= 4 is 46.1 Å². The van der Waals surface area contributed by atoms with E-state index in [2.05, 4.69) is 5.32 Å². The highest BCUT2D eigenvalue weighted by Crippen LogP contribution is 2.32. The molecule has 1 amide bonds. The normalized spacial score (nSPS) is 13.2. The molecule has 0 saturated heterocycles. The van der Waals surface area contributed by atoms with Gasteiger partial charge < -0.3 is 19.5 Å². The number of amides is 1. The van der Waals surface area contributed by atoms with Crippen LogP contribution in [0.3, 0.4) is 0 Å². The molecule has 37 heavy (non-hydrogen) atoms. The Hall–Kier alpha value is -4.37. The number of aromatic nitrogens is 1. The Labute approximate surface area is 216 Å². The summed E-state index contributed by atoms with van der Waals surface area (Å²) < 4.78 is 17.8. The third kappa shape index (κ3) is 5.57. The van der Waals surface area contributed by atoms with Gasteiger partial charge >= 0.3 is 5.97 Å². The largest absolute Gasteiger partial charge is 0.463 e. The number of rotatable bonds is 7. The number of hydrogen-bond donors (Lipinski definition) is 1. The molecule has 0 atom stereocenters. The summed E-state index contributed by atoms with van der Waals surface area (Å²) >= 11 is 1.14. The SMILES string of the molecule is CCOC(=O)/C=c1\s/c(=C/c2ccc3ccccc3c2)c(=O)n1CC(=O)NCc1ccc2c(c1)OCO2. The molecular weight excluding hydrogens is 492 g/mol. The van der Waals surface area contributed by atoms with Gasteiger partial charge in [-0.3, -0.25) is 14.2 Å². The molecule has 0 fully saturated rings. The lowest BCUT2D eigenvalue weighted by molar-refractivity contribution is -0.135. The van der Waals surface area contributed by atoms with Crippen LogP contribution in [0.15, 0.2) is 65.5 Å². The predicted molar refractivity (Wildman–Crippen MR) is 141 cm³/mol. The lowest BCUT2D eigenvalue weighted by Gasteiger charge is -2.07. The molecule has 1 aromatic heterocycles. The van der Waals surface area contributed by atoms with Crippen molar-refractivity contribution < 1.29 is 23.8 Å². The lowest BCUT2D eigenvalue weighted by atomic mass is 10.1. The van der Waals surface area contributed by atoms with E-state index in [1.807, 2.05) is 48.5 Å². The van der Waals surface area contributed by atoms with E-state index in [-0.39, 0.29) is 38.0 Å². The van der Waals surface area contributed by atoms with Gasteiger partial charge in [-0.15, -0.1) is 11.3 Å². The van der Waals surface area contributed by atoms with E-state index >= 15 is 0 Å². The summed E-state index contributed by atoms with van der Waals surface area (Å²) in [5, 5.41) is 4.97.